The van der Waals surface area contributed by atoms with E-state index in [-0.39, 0.29) is 6.10 Å². The van der Waals surface area contributed by atoms with E-state index in [9.17, 15) is 0 Å². The molecule has 0 aromatic carbocycles. The number of nitrogens with zero attached hydrogens (tertiary/aromatic N) is 1. The first-order valence-electron chi connectivity index (χ1n) is 4.70. The highest BCUT2D eigenvalue weighted by molar-refractivity contribution is 5.07. The molecule has 0 spiro atoms. The summed E-state index contributed by atoms with van der Waals surface area (Å²) in [6.45, 7) is 2.74. The quantitative estimate of drug-likeness (QED) is 0.700. The van der Waals surface area contributed by atoms with E-state index in [1.165, 1.54) is 0 Å². The lowest BCUT2D eigenvalue weighted by Gasteiger charge is -2.12. The number of pyridine rings is 1. The minimum atomic E-state index is 0.177. The molecule has 0 bridgehead atoms. The monoisotopic (exact) mass is 178 g/mol. The average molecular weight is 178 g/mol. The van der Waals surface area contributed by atoms with Gasteiger partial charge in [0, 0.05) is 12.7 Å². The average Bonchev–Trinajstić information content (AvgIpc) is 2.47. The SMILES string of the molecule is c1ccc([C@@H]2CCNCCO2)nc1. The maximum atomic E-state index is 5.66. The van der Waals surface area contributed by atoms with E-state index in [0.717, 1.165) is 31.8 Å². The van der Waals surface area contributed by atoms with Crippen LogP contribution in [0.5, 0.6) is 0 Å². The third-order valence-corrected chi connectivity index (χ3v) is 2.20. The molecule has 0 saturated carbocycles. The van der Waals surface area contributed by atoms with Crippen molar-refractivity contribution in [3.05, 3.63) is 30.1 Å². The topological polar surface area (TPSA) is 34.1 Å². The Morgan fingerprint density at radius 1 is 1.38 bits per heavy atom. The van der Waals surface area contributed by atoms with Gasteiger partial charge in [0.05, 0.1) is 12.3 Å². The lowest BCUT2D eigenvalue weighted by Crippen LogP contribution is -2.16. The lowest BCUT2D eigenvalue weighted by molar-refractivity contribution is 0.0614. The Kier molecular flexibility index (Phi) is 2.90. The van der Waals surface area contributed by atoms with E-state index in [2.05, 4.69) is 10.3 Å². The molecule has 2 heterocycles. The molecule has 3 nitrogen and oxygen atoms in total. The third-order valence-electron chi connectivity index (χ3n) is 2.20. The summed E-state index contributed by atoms with van der Waals surface area (Å²) < 4.78 is 5.66. The standard InChI is InChI=1S/C10H14N2O/c1-2-5-12-9(3-1)10-4-6-11-7-8-13-10/h1-3,5,10-11H,4,6-8H2/t10-/m0/s1. The zero-order valence-corrected chi connectivity index (χ0v) is 7.57. The molecule has 0 aliphatic carbocycles. The molecule has 3 heteroatoms. The van der Waals surface area contributed by atoms with E-state index in [1.54, 1.807) is 0 Å². The lowest BCUT2D eigenvalue weighted by atomic mass is 10.1. The zero-order valence-electron chi connectivity index (χ0n) is 7.57. The van der Waals surface area contributed by atoms with Crippen LogP contribution in [0, 0.1) is 0 Å². The molecular weight excluding hydrogens is 164 g/mol. The van der Waals surface area contributed by atoms with Gasteiger partial charge in [-0.25, -0.2) is 0 Å². The van der Waals surface area contributed by atoms with Gasteiger partial charge in [-0.3, -0.25) is 4.98 Å². The molecule has 1 aromatic heterocycles. The van der Waals surface area contributed by atoms with Gasteiger partial charge < -0.3 is 10.1 Å². The maximum Gasteiger partial charge on any atom is 0.101 e. The van der Waals surface area contributed by atoms with Crippen molar-refractivity contribution in [3.63, 3.8) is 0 Å². The highest BCUT2D eigenvalue weighted by atomic mass is 16.5. The summed E-state index contributed by atoms with van der Waals surface area (Å²) in [5, 5.41) is 3.29. The van der Waals surface area contributed by atoms with Gasteiger partial charge in [-0.1, -0.05) is 6.07 Å². The molecule has 70 valence electrons. The van der Waals surface area contributed by atoms with Crippen molar-refractivity contribution in [2.24, 2.45) is 0 Å². The smallest absolute Gasteiger partial charge is 0.101 e. The molecule has 1 fully saturated rings. The number of ether oxygens (including phenoxy) is 1. The summed E-state index contributed by atoms with van der Waals surface area (Å²) in [6, 6.07) is 5.96. The van der Waals surface area contributed by atoms with Gasteiger partial charge in [-0.05, 0) is 25.1 Å². The van der Waals surface area contributed by atoms with Crippen LogP contribution in [0.3, 0.4) is 0 Å². The minimum absolute atomic E-state index is 0.177. The Morgan fingerprint density at radius 2 is 2.38 bits per heavy atom. The summed E-state index contributed by atoms with van der Waals surface area (Å²) in [5.74, 6) is 0. The van der Waals surface area contributed by atoms with E-state index < -0.39 is 0 Å². The predicted molar refractivity (Wildman–Crippen MR) is 50.4 cm³/mol. The molecule has 1 aromatic rings. The van der Waals surface area contributed by atoms with E-state index in [4.69, 9.17) is 4.74 Å². The van der Waals surface area contributed by atoms with Gasteiger partial charge in [0.2, 0.25) is 0 Å². The second kappa shape index (κ2) is 4.35. The first kappa shape index (κ1) is 8.66. The first-order valence-corrected chi connectivity index (χ1v) is 4.70. The number of nitrogens with one attached hydrogen (secondary N) is 1. The van der Waals surface area contributed by atoms with Gasteiger partial charge in [-0.2, -0.15) is 0 Å². The number of hydrogen-bond donors (Lipinski definition) is 1. The van der Waals surface area contributed by atoms with E-state index >= 15 is 0 Å². The van der Waals surface area contributed by atoms with Crippen molar-refractivity contribution < 1.29 is 4.74 Å². The van der Waals surface area contributed by atoms with Gasteiger partial charge in [0.1, 0.15) is 6.10 Å². The van der Waals surface area contributed by atoms with Crippen LogP contribution in [-0.2, 0) is 4.74 Å². The summed E-state index contributed by atoms with van der Waals surface area (Å²) in [5.41, 5.74) is 1.05. The zero-order chi connectivity index (χ0) is 8.93. The van der Waals surface area contributed by atoms with Crippen molar-refractivity contribution in [1.82, 2.24) is 10.3 Å². The van der Waals surface area contributed by atoms with Crippen LogP contribution in [-0.4, -0.2) is 24.7 Å². The molecular formula is C10H14N2O. The molecule has 13 heavy (non-hydrogen) atoms. The van der Waals surface area contributed by atoms with Gasteiger partial charge in [0.15, 0.2) is 0 Å². The van der Waals surface area contributed by atoms with Crippen LogP contribution in [0.4, 0.5) is 0 Å². The number of rotatable bonds is 1. The van der Waals surface area contributed by atoms with Gasteiger partial charge >= 0.3 is 0 Å². The Hall–Kier alpha value is -0.930. The minimum Gasteiger partial charge on any atom is -0.371 e. The fraction of sp³-hybridized carbons (Fsp3) is 0.500. The van der Waals surface area contributed by atoms with E-state index in [0.29, 0.717) is 0 Å². The molecule has 0 unspecified atom stereocenters. The number of aromatic nitrogens is 1. The van der Waals surface area contributed by atoms with Gasteiger partial charge in [0.25, 0.3) is 0 Å². The molecule has 0 amide bonds. The maximum absolute atomic E-state index is 5.66. The fourth-order valence-electron chi connectivity index (χ4n) is 1.51. The second-order valence-corrected chi connectivity index (χ2v) is 3.15. The van der Waals surface area contributed by atoms with Crippen LogP contribution < -0.4 is 5.32 Å². The van der Waals surface area contributed by atoms with Crippen LogP contribution in [0.1, 0.15) is 18.2 Å². The van der Waals surface area contributed by atoms with Crippen molar-refractivity contribution in [3.8, 4) is 0 Å². The molecule has 0 radical (unpaired) electrons. The fourth-order valence-corrected chi connectivity index (χ4v) is 1.51. The van der Waals surface area contributed by atoms with Crippen LogP contribution >= 0.6 is 0 Å². The highest BCUT2D eigenvalue weighted by Crippen LogP contribution is 2.18. The molecule has 1 N–H and O–H groups in total. The summed E-state index contributed by atoms with van der Waals surface area (Å²) in [4.78, 5) is 4.29. The Balaban J connectivity index is 2.06. The summed E-state index contributed by atoms with van der Waals surface area (Å²) in [7, 11) is 0. The largest absolute Gasteiger partial charge is 0.371 e. The Labute approximate surface area is 78.1 Å². The summed E-state index contributed by atoms with van der Waals surface area (Å²) in [6.07, 6.45) is 3.00. The van der Waals surface area contributed by atoms with Crippen molar-refractivity contribution in [2.45, 2.75) is 12.5 Å². The number of hydrogen-bond acceptors (Lipinski definition) is 3. The molecule has 1 aliphatic heterocycles. The van der Waals surface area contributed by atoms with Crippen LogP contribution in [0.15, 0.2) is 24.4 Å². The van der Waals surface area contributed by atoms with Crippen molar-refractivity contribution in [2.75, 3.05) is 19.7 Å². The molecule has 1 saturated heterocycles. The predicted octanol–water partition coefficient (Wildman–Crippen LogP) is 1.13. The molecule has 1 aliphatic rings. The third kappa shape index (κ3) is 2.26. The van der Waals surface area contributed by atoms with Crippen LogP contribution in [0.2, 0.25) is 0 Å². The van der Waals surface area contributed by atoms with Gasteiger partial charge in [-0.15, -0.1) is 0 Å². The van der Waals surface area contributed by atoms with Crippen molar-refractivity contribution in [1.29, 1.82) is 0 Å². The van der Waals surface area contributed by atoms with Crippen LogP contribution in [0.25, 0.3) is 0 Å². The first-order chi connectivity index (χ1) is 6.47. The van der Waals surface area contributed by atoms with E-state index in [1.807, 2.05) is 24.4 Å². The highest BCUT2D eigenvalue weighted by Gasteiger charge is 2.14. The van der Waals surface area contributed by atoms with Crippen molar-refractivity contribution >= 4 is 0 Å². The molecule has 2 rings (SSSR count). The summed E-state index contributed by atoms with van der Waals surface area (Å²) >= 11 is 0. The molecule has 1 atom stereocenters. The second-order valence-electron chi connectivity index (χ2n) is 3.15. The Bertz CT molecular complexity index is 242. The Morgan fingerprint density at radius 3 is 3.23 bits per heavy atom. The normalized spacial score (nSPS) is 23.8.